The third kappa shape index (κ3) is 3.76. The van der Waals surface area contributed by atoms with Gasteiger partial charge in [0.1, 0.15) is 11.5 Å². The Bertz CT molecular complexity index is 366. The van der Waals surface area contributed by atoms with E-state index in [0.717, 1.165) is 18.7 Å². The van der Waals surface area contributed by atoms with E-state index in [-0.39, 0.29) is 0 Å². The summed E-state index contributed by atoms with van der Waals surface area (Å²) >= 11 is 0. The van der Waals surface area contributed by atoms with Gasteiger partial charge < -0.3 is 15.8 Å². The fraction of sp³-hybridized carbons (Fsp3) is 0.667. The van der Waals surface area contributed by atoms with E-state index >= 15 is 0 Å². The lowest BCUT2D eigenvalue weighted by atomic mass is 10.2. The second-order valence-corrected chi connectivity index (χ2v) is 4.41. The number of nitrogens with two attached hydrogens (primary N) is 1. The Morgan fingerprint density at radius 2 is 2.06 bits per heavy atom. The number of hydrogen-bond donors (Lipinski definition) is 2. The molecule has 0 fully saturated rings. The average Bonchev–Trinajstić information content (AvgIpc) is 2.29. The van der Waals surface area contributed by atoms with Crippen LogP contribution in [0.25, 0.3) is 0 Å². The molecule has 0 saturated carbocycles. The van der Waals surface area contributed by atoms with Gasteiger partial charge in [-0.1, -0.05) is 20.8 Å². The van der Waals surface area contributed by atoms with E-state index < -0.39 is 0 Å². The molecule has 0 bridgehead atoms. The topological polar surface area (TPSA) is 73.1 Å². The third-order valence-corrected chi connectivity index (χ3v) is 2.22. The second kappa shape index (κ2) is 6.27. The Balaban J connectivity index is 2.96. The molecule has 1 heterocycles. The van der Waals surface area contributed by atoms with Crippen LogP contribution in [0.4, 0.5) is 11.5 Å². The van der Waals surface area contributed by atoms with Crippen molar-refractivity contribution in [2.45, 2.75) is 33.6 Å². The lowest BCUT2D eigenvalue weighted by Gasteiger charge is -2.13. The highest BCUT2D eigenvalue weighted by Crippen LogP contribution is 2.26. The van der Waals surface area contributed by atoms with E-state index in [9.17, 15) is 0 Å². The number of nitrogen functional groups attached to an aromatic ring is 1. The number of rotatable bonds is 6. The first kappa shape index (κ1) is 13.5. The summed E-state index contributed by atoms with van der Waals surface area (Å²) in [4.78, 5) is 8.69. The van der Waals surface area contributed by atoms with Crippen molar-refractivity contribution in [2.24, 2.45) is 5.92 Å². The van der Waals surface area contributed by atoms with E-state index in [4.69, 9.17) is 10.5 Å². The fourth-order valence-electron chi connectivity index (χ4n) is 1.37. The fourth-order valence-corrected chi connectivity index (χ4v) is 1.37. The van der Waals surface area contributed by atoms with Gasteiger partial charge in [0, 0.05) is 13.5 Å². The molecular weight excluding hydrogens is 216 g/mol. The standard InChI is InChI=1S/C12H22N4O/c1-5-6-9-15-11(14-4)10(13)12(16-9)17-7-8(2)3/h8H,5-7,13H2,1-4H3,(H,14,15,16). The molecule has 0 atom stereocenters. The maximum atomic E-state index is 5.93. The highest BCUT2D eigenvalue weighted by atomic mass is 16.5. The molecule has 0 aliphatic heterocycles. The summed E-state index contributed by atoms with van der Waals surface area (Å²) < 4.78 is 5.61. The van der Waals surface area contributed by atoms with Gasteiger partial charge in [0.05, 0.1) is 6.61 Å². The number of nitrogens with zero attached hydrogens (tertiary/aromatic N) is 2. The molecule has 0 aliphatic carbocycles. The van der Waals surface area contributed by atoms with Crippen molar-refractivity contribution >= 4 is 11.5 Å². The quantitative estimate of drug-likeness (QED) is 0.794. The zero-order valence-electron chi connectivity index (χ0n) is 11.1. The predicted octanol–water partition coefficient (Wildman–Crippen LogP) is 2.09. The van der Waals surface area contributed by atoms with Gasteiger partial charge in [0.25, 0.3) is 0 Å². The van der Waals surface area contributed by atoms with Gasteiger partial charge in [-0.2, -0.15) is 4.98 Å². The van der Waals surface area contributed by atoms with Gasteiger partial charge in [-0.05, 0) is 12.3 Å². The minimum Gasteiger partial charge on any atom is -0.476 e. The van der Waals surface area contributed by atoms with Gasteiger partial charge in [0.15, 0.2) is 5.82 Å². The second-order valence-electron chi connectivity index (χ2n) is 4.41. The highest BCUT2D eigenvalue weighted by molar-refractivity contribution is 5.66. The van der Waals surface area contributed by atoms with Crippen LogP contribution < -0.4 is 15.8 Å². The Morgan fingerprint density at radius 1 is 1.35 bits per heavy atom. The number of anilines is 2. The van der Waals surface area contributed by atoms with Crippen LogP contribution >= 0.6 is 0 Å². The van der Waals surface area contributed by atoms with Crippen molar-refractivity contribution in [3.05, 3.63) is 5.82 Å². The van der Waals surface area contributed by atoms with Gasteiger partial charge in [-0.15, -0.1) is 0 Å². The van der Waals surface area contributed by atoms with Crippen LogP contribution in [-0.2, 0) is 6.42 Å². The zero-order chi connectivity index (χ0) is 12.8. The molecule has 96 valence electrons. The van der Waals surface area contributed by atoms with E-state index in [0.29, 0.717) is 29.9 Å². The molecule has 17 heavy (non-hydrogen) atoms. The summed E-state index contributed by atoms with van der Waals surface area (Å²) in [6, 6.07) is 0. The van der Waals surface area contributed by atoms with Crippen molar-refractivity contribution < 1.29 is 4.74 Å². The van der Waals surface area contributed by atoms with Gasteiger partial charge in [-0.25, -0.2) is 4.98 Å². The molecule has 0 aromatic carbocycles. The maximum Gasteiger partial charge on any atom is 0.242 e. The normalized spacial score (nSPS) is 10.6. The van der Waals surface area contributed by atoms with Crippen molar-refractivity contribution in [2.75, 3.05) is 24.7 Å². The van der Waals surface area contributed by atoms with Crippen LogP contribution in [0.15, 0.2) is 0 Å². The van der Waals surface area contributed by atoms with E-state index in [1.165, 1.54) is 0 Å². The predicted molar refractivity (Wildman–Crippen MR) is 70.3 cm³/mol. The molecule has 1 aromatic rings. The molecule has 1 rings (SSSR count). The summed E-state index contributed by atoms with van der Waals surface area (Å²) in [5.74, 6) is 2.34. The van der Waals surface area contributed by atoms with Gasteiger partial charge >= 0.3 is 0 Å². The van der Waals surface area contributed by atoms with E-state index in [1.54, 1.807) is 7.05 Å². The zero-order valence-corrected chi connectivity index (χ0v) is 11.1. The molecule has 1 aromatic heterocycles. The number of aryl methyl sites for hydroxylation is 1. The third-order valence-electron chi connectivity index (χ3n) is 2.22. The number of aromatic nitrogens is 2. The van der Waals surface area contributed by atoms with Crippen LogP contribution in [0.1, 0.15) is 33.0 Å². The molecule has 5 heteroatoms. The summed E-state index contributed by atoms with van der Waals surface area (Å²) in [6.07, 6.45) is 1.82. The first-order valence-corrected chi connectivity index (χ1v) is 6.05. The molecule has 0 spiro atoms. The van der Waals surface area contributed by atoms with Gasteiger partial charge in [-0.3, -0.25) is 0 Å². The lowest BCUT2D eigenvalue weighted by Crippen LogP contribution is -2.11. The molecule has 0 amide bonds. The van der Waals surface area contributed by atoms with Crippen LogP contribution in [0, 0.1) is 5.92 Å². The maximum absolute atomic E-state index is 5.93. The number of ether oxygens (including phenoxy) is 1. The number of nitrogens with one attached hydrogen (secondary N) is 1. The molecule has 0 aliphatic rings. The van der Waals surface area contributed by atoms with Crippen molar-refractivity contribution in [1.29, 1.82) is 0 Å². The first-order valence-electron chi connectivity index (χ1n) is 6.05. The number of hydrogen-bond acceptors (Lipinski definition) is 5. The molecule has 0 unspecified atom stereocenters. The summed E-state index contributed by atoms with van der Waals surface area (Å²) in [6.45, 7) is 6.87. The first-order chi connectivity index (χ1) is 8.08. The van der Waals surface area contributed by atoms with Crippen LogP contribution in [0.5, 0.6) is 5.88 Å². The average molecular weight is 238 g/mol. The largest absolute Gasteiger partial charge is 0.476 e. The lowest BCUT2D eigenvalue weighted by molar-refractivity contribution is 0.262. The van der Waals surface area contributed by atoms with E-state index in [2.05, 4.69) is 36.1 Å². The summed E-state index contributed by atoms with van der Waals surface area (Å²) in [5.41, 5.74) is 6.41. The summed E-state index contributed by atoms with van der Waals surface area (Å²) in [7, 11) is 1.79. The van der Waals surface area contributed by atoms with E-state index in [1.807, 2.05) is 0 Å². The molecule has 3 N–H and O–H groups in total. The Kier molecular flexibility index (Phi) is 5.00. The van der Waals surface area contributed by atoms with Crippen LogP contribution in [0.3, 0.4) is 0 Å². The SMILES string of the molecule is CCCc1nc(NC)c(N)c(OCC(C)C)n1. The van der Waals surface area contributed by atoms with Crippen molar-refractivity contribution in [1.82, 2.24) is 9.97 Å². The highest BCUT2D eigenvalue weighted by Gasteiger charge is 2.12. The molecular formula is C12H22N4O. The smallest absolute Gasteiger partial charge is 0.242 e. The minimum absolute atomic E-state index is 0.442. The van der Waals surface area contributed by atoms with Crippen molar-refractivity contribution in [3.63, 3.8) is 0 Å². The molecule has 0 radical (unpaired) electrons. The Hall–Kier alpha value is -1.52. The van der Waals surface area contributed by atoms with Gasteiger partial charge in [0.2, 0.25) is 5.88 Å². The Morgan fingerprint density at radius 3 is 2.59 bits per heavy atom. The monoisotopic (exact) mass is 238 g/mol. The van der Waals surface area contributed by atoms with Crippen LogP contribution in [0.2, 0.25) is 0 Å². The molecule has 0 saturated heterocycles. The molecule has 5 nitrogen and oxygen atoms in total. The minimum atomic E-state index is 0.442. The Labute approximate surface area is 103 Å². The summed E-state index contributed by atoms with van der Waals surface area (Å²) in [5, 5.41) is 2.97. The van der Waals surface area contributed by atoms with Crippen molar-refractivity contribution in [3.8, 4) is 5.88 Å². The van der Waals surface area contributed by atoms with Crippen LogP contribution in [-0.4, -0.2) is 23.6 Å².